The normalized spacial score (nSPS) is 13.1. The summed E-state index contributed by atoms with van der Waals surface area (Å²) in [7, 11) is 0. The minimum Gasteiger partial charge on any atom is -0.365 e. The highest BCUT2D eigenvalue weighted by Crippen LogP contribution is 2.38. The van der Waals surface area contributed by atoms with Crippen LogP contribution in [0.25, 0.3) is 11.2 Å². The van der Waals surface area contributed by atoms with Crippen LogP contribution >= 0.6 is 34.7 Å². The number of nitrogens with two attached hydrogens (primary N) is 1. The standard InChI is InChI=1S/C16H14ClN5O2S2/c17-7-4-9-14(19-5-7)22-16(20-9)25-6-11(23)21-15-12(13(18)24)8-2-1-3-10(8)26-15/h4-5H,1-3,6H2,(H2,18,24)(H,21,23)(H,19,20,22). The molecule has 0 bridgehead atoms. The number of fused-ring (bicyclic) bond motifs is 2. The van der Waals surface area contributed by atoms with E-state index in [1.54, 1.807) is 6.07 Å². The summed E-state index contributed by atoms with van der Waals surface area (Å²) in [5, 5.41) is 4.45. The van der Waals surface area contributed by atoms with Crippen LogP contribution in [0.3, 0.4) is 0 Å². The highest BCUT2D eigenvalue weighted by Gasteiger charge is 2.26. The van der Waals surface area contributed by atoms with Gasteiger partial charge in [0.15, 0.2) is 10.8 Å². The Labute approximate surface area is 161 Å². The van der Waals surface area contributed by atoms with E-state index in [4.69, 9.17) is 17.3 Å². The number of carbonyl (C=O) groups excluding carboxylic acids is 2. The zero-order valence-corrected chi connectivity index (χ0v) is 15.9. The number of pyridine rings is 1. The summed E-state index contributed by atoms with van der Waals surface area (Å²) in [6, 6.07) is 1.73. The lowest BCUT2D eigenvalue weighted by atomic mass is 10.1. The van der Waals surface area contributed by atoms with E-state index >= 15 is 0 Å². The average Bonchev–Trinajstić information content (AvgIpc) is 3.25. The fraction of sp³-hybridized carbons (Fsp3) is 0.250. The molecule has 26 heavy (non-hydrogen) atoms. The lowest BCUT2D eigenvalue weighted by Gasteiger charge is -2.05. The molecule has 0 saturated heterocycles. The Morgan fingerprint density at radius 2 is 2.27 bits per heavy atom. The number of nitrogens with one attached hydrogen (secondary N) is 2. The van der Waals surface area contributed by atoms with E-state index < -0.39 is 5.91 Å². The van der Waals surface area contributed by atoms with Crippen molar-refractivity contribution in [2.24, 2.45) is 5.73 Å². The first-order valence-corrected chi connectivity index (χ1v) is 10.1. The van der Waals surface area contributed by atoms with E-state index in [1.807, 2.05) is 0 Å². The Morgan fingerprint density at radius 1 is 1.42 bits per heavy atom. The lowest BCUT2D eigenvalue weighted by Crippen LogP contribution is -2.18. The van der Waals surface area contributed by atoms with Gasteiger partial charge in [-0.1, -0.05) is 23.4 Å². The number of hydrogen-bond donors (Lipinski definition) is 3. The number of aryl methyl sites for hydroxylation is 1. The Kier molecular flexibility index (Phi) is 4.60. The zero-order chi connectivity index (χ0) is 18.3. The van der Waals surface area contributed by atoms with Gasteiger partial charge in [-0.2, -0.15) is 0 Å². The number of aromatic amines is 1. The number of thioether (sulfide) groups is 1. The number of hydrogen-bond acceptors (Lipinski definition) is 6. The topological polar surface area (TPSA) is 114 Å². The first-order valence-electron chi connectivity index (χ1n) is 7.89. The van der Waals surface area contributed by atoms with Crippen LogP contribution < -0.4 is 11.1 Å². The van der Waals surface area contributed by atoms with E-state index in [0.717, 1.165) is 29.7 Å². The highest BCUT2D eigenvalue weighted by molar-refractivity contribution is 7.99. The molecule has 7 nitrogen and oxygen atoms in total. The van der Waals surface area contributed by atoms with Crippen molar-refractivity contribution >= 4 is 62.7 Å². The molecule has 1 aliphatic carbocycles. The molecule has 4 rings (SSSR count). The molecule has 134 valence electrons. The van der Waals surface area contributed by atoms with E-state index in [0.29, 0.717) is 31.9 Å². The van der Waals surface area contributed by atoms with Gasteiger partial charge in [0, 0.05) is 11.1 Å². The SMILES string of the molecule is NC(=O)c1c(NC(=O)CSc2nc3ncc(Cl)cc3[nH]2)sc2c1CCC2. The Morgan fingerprint density at radius 3 is 3.08 bits per heavy atom. The monoisotopic (exact) mass is 407 g/mol. The number of imidazole rings is 1. The van der Waals surface area contributed by atoms with Gasteiger partial charge in [0.05, 0.1) is 21.9 Å². The molecule has 0 aliphatic heterocycles. The van der Waals surface area contributed by atoms with Crippen molar-refractivity contribution in [1.29, 1.82) is 0 Å². The number of carbonyl (C=O) groups is 2. The smallest absolute Gasteiger partial charge is 0.251 e. The van der Waals surface area contributed by atoms with Crippen LogP contribution in [0.15, 0.2) is 17.4 Å². The molecule has 0 radical (unpaired) electrons. The molecular formula is C16H14ClN5O2S2. The van der Waals surface area contributed by atoms with Crippen LogP contribution in [0, 0.1) is 0 Å². The number of primary amides is 1. The fourth-order valence-corrected chi connectivity index (χ4v) is 5.11. The van der Waals surface area contributed by atoms with Crippen molar-refractivity contribution in [2.45, 2.75) is 24.4 Å². The summed E-state index contributed by atoms with van der Waals surface area (Å²) in [4.78, 5) is 36.7. The summed E-state index contributed by atoms with van der Waals surface area (Å²) >= 11 is 8.59. The van der Waals surface area contributed by atoms with Crippen molar-refractivity contribution in [3.8, 4) is 0 Å². The summed E-state index contributed by atoms with van der Waals surface area (Å²) in [5.74, 6) is -0.564. The van der Waals surface area contributed by atoms with Crippen molar-refractivity contribution in [1.82, 2.24) is 15.0 Å². The molecule has 3 heterocycles. The Hall–Kier alpha value is -2.10. The molecule has 0 atom stereocenters. The van der Waals surface area contributed by atoms with Crippen LogP contribution in [0.2, 0.25) is 5.02 Å². The van der Waals surface area contributed by atoms with Crippen molar-refractivity contribution < 1.29 is 9.59 Å². The predicted molar refractivity (Wildman–Crippen MR) is 103 cm³/mol. The zero-order valence-electron chi connectivity index (χ0n) is 13.5. The van der Waals surface area contributed by atoms with Crippen LogP contribution in [0.1, 0.15) is 27.2 Å². The van der Waals surface area contributed by atoms with Crippen molar-refractivity contribution in [2.75, 3.05) is 11.1 Å². The van der Waals surface area contributed by atoms with Gasteiger partial charge in [-0.25, -0.2) is 9.97 Å². The minimum atomic E-state index is -0.493. The number of rotatable bonds is 5. The van der Waals surface area contributed by atoms with E-state index in [2.05, 4.69) is 20.3 Å². The molecular weight excluding hydrogens is 394 g/mol. The van der Waals surface area contributed by atoms with Gasteiger partial charge >= 0.3 is 0 Å². The van der Waals surface area contributed by atoms with Crippen LogP contribution in [-0.2, 0) is 17.6 Å². The number of thiophene rings is 1. The fourth-order valence-electron chi connectivity index (χ4n) is 2.97. The molecule has 10 heteroatoms. The maximum absolute atomic E-state index is 12.3. The second-order valence-corrected chi connectivity index (χ2v) is 8.33. The maximum Gasteiger partial charge on any atom is 0.251 e. The van der Waals surface area contributed by atoms with Gasteiger partial charge in [0.1, 0.15) is 5.00 Å². The average molecular weight is 408 g/mol. The summed E-state index contributed by atoms with van der Waals surface area (Å²) in [5.41, 5.74) is 8.22. The first kappa shape index (κ1) is 17.3. The second kappa shape index (κ2) is 6.90. The van der Waals surface area contributed by atoms with Gasteiger partial charge in [-0.15, -0.1) is 11.3 Å². The molecule has 0 spiro atoms. The second-order valence-electron chi connectivity index (χ2n) is 5.83. The largest absolute Gasteiger partial charge is 0.365 e. The summed E-state index contributed by atoms with van der Waals surface area (Å²) in [6.45, 7) is 0. The van der Waals surface area contributed by atoms with E-state index in [1.165, 1.54) is 29.3 Å². The van der Waals surface area contributed by atoms with Gasteiger partial charge in [-0.3, -0.25) is 9.59 Å². The molecule has 0 fully saturated rings. The minimum absolute atomic E-state index is 0.147. The predicted octanol–water partition coefficient (Wildman–Crippen LogP) is 2.99. The Balaban J connectivity index is 1.45. The lowest BCUT2D eigenvalue weighted by molar-refractivity contribution is -0.113. The highest BCUT2D eigenvalue weighted by atomic mass is 35.5. The van der Waals surface area contributed by atoms with Crippen LogP contribution in [0.5, 0.6) is 0 Å². The van der Waals surface area contributed by atoms with E-state index in [9.17, 15) is 9.59 Å². The maximum atomic E-state index is 12.3. The quantitative estimate of drug-likeness (QED) is 0.562. The van der Waals surface area contributed by atoms with Crippen molar-refractivity contribution in [3.05, 3.63) is 33.3 Å². The van der Waals surface area contributed by atoms with Gasteiger partial charge in [0.2, 0.25) is 5.91 Å². The number of anilines is 1. The molecule has 3 aromatic rings. The first-order chi connectivity index (χ1) is 12.5. The van der Waals surface area contributed by atoms with Crippen LogP contribution in [0.4, 0.5) is 5.00 Å². The van der Waals surface area contributed by atoms with Crippen LogP contribution in [-0.4, -0.2) is 32.5 Å². The third-order valence-electron chi connectivity index (χ3n) is 4.04. The van der Waals surface area contributed by atoms with E-state index in [-0.39, 0.29) is 11.7 Å². The van der Waals surface area contributed by atoms with Gasteiger partial charge < -0.3 is 16.0 Å². The summed E-state index contributed by atoms with van der Waals surface area (Å²) < 4.78 is 0. The number of amides is 2. The molecule has 0 unspecified atom stereocenters. The third-order valence-corrected chi connectivity index (χ3v) is 6.33. The summed E-state index contributed by atoms with van der Waals surface area (Å²) in [6.07, 6.45) is 4.31. The molecule has 3 aromatic heterocycles. The molecule has 0 aromatic carbocycles. The van der Waals surface area contributed by atoms with Gasteiger partial charge in [0.25, 0.3) is 5.91 Å². The number of nitrogens with zero attached hydrogens (tertiary/aromatic N) is 2. The molecule has 2 amide bonds. The molecule has 0 saturated carbocycles. The molecule has 1 aliphatic rings. The Bertz CT molecular complexity index is 1030. The molecule has 4 N–H and O–H groups in total. The number of H-pyrrole nitrogens is 1. The number of aromatic nitrogens is 3. The number of halogens is 1. The third kappa shape index (κ3) is 3.29. The van der Waals surface area contributed by atoms with Crippen molar-refractivity contribution in [3.63, 3.8) is 0 Å². The van der Waals surface area contributed by atoms with Gasteiger partial charge in [-0.05, 0) is 30.9 Å².